The Hall–Kier alpha value is -3.37. The topological polar surface area (TPSA) is 96.1 Å². The average molecular weight is 660 g/mol. The molecule has 248 valence electrons. The standard InChI is InChI=1S/C31H40F3N9O2S/c1-20-15-40(16-21(2)36-20)17-27-28(13-23-7-6-8-25(22(23)3)31(32,33)34)43-30(37-27)24(14-29(38-43)41-9-11-45-12-10-41)26-18-42(19-35-26)46(44)39(4)5/h6-8,14,18-21,36H,9-13,15-17H2,1-5H3. The summed E-state index contributed by atoms with van der Waals surface area (Å²) in [6, 6.07) is 6.82. The lowest BCUT2D eigenvalue weighted by Gasteiger charge is -2.35. The molecule has 6 rings (SSSR count). The summed E-state index contributed by atoms with van der Waals surface area (Å²) >= 11 is -1.47. The Balaban J connectivity index is 1.54. The zero-order valence-corrected chi connectivity index (χ0v) is 27.5. The number of halogens is 3. The van der Waals surface area contributed by atoms with Crippen LogP contribution in [0.25, 0.3) is 16.9 Å². The number of benzene rings is 1. The van der Waals surface area contributed by atoms with Crippen LogP contribution in [0.15, 0.2) is 36.8 Å². The highest BCUT2D eigenvalue weighted by molar-refractivity contribution is 7.81. The Morgan fingerprint density at radius 1 is 1.13 bits per heavy atom. The summed E-state index contributed by atoms with van der Waals surface area (Å²) in [5.41, 5.74) is 3.39. The van der Waals surface area contributed by atoms with E-state index in [1.807, 2.05) is 6.07 Å². The summed E-state index contributed by atoms with van der Waals surface area (Å²) in [5, 5.41) is 8.62. The van der Waals surface area contributed by atoms with Crippen molar-refractivity contribution in [3.63, 3.8) is 0 Å². The quantitative estimate of drug-likeness (QED) is 0.307. The van der Waals surface area contributed by atoms with Gasteiger partial charge in [-0.25, -0.2) is 27.0 Å². The maximum Gasteiger partial charge on any atom is 0.416 e. The van der Waals surface area contributed by atoms with Crippen LogP contribution in [0.5, 0.6) is 0 Å². The van der Waals surface area contributed by atoms with Crippen LogP contribution in [0.2, 0.25) is 0 Å². The number of morpholine rings is 1. The third kappa shape index (κ3) is 6.69. The van der Waals surface area contributed by atoms with Gasteiger partial charge in [0.05, 0.1) is 41.4 Å². The van der Waals surface area contributed by atoms with E-state index in [1.165, 1.54) is 23.3 Å². The van der Waals surface area contributed by atoms with Crippen LogP contribution in [0.4, 0.5) is 19.0 Å². The molecule has 4 aromatic rings. The van der Waals surface area contributed by atoms with E-state index in [2.05, 4.69) is 33.9 Å². The second-order valence-electron chi connectivity index (χ2n) is 12.3. The molecule has 1 N–H and O–H groups in total. The van der Waals surface area contributed by atoms with Crippen LogP contribution < -0.4 is 10.2 Å². The lowest BCUT2D eigenvalue weighted by Crippen LogP contribution is -2.53. The number of hydrogen-bond acceptors (Lipinski definition) is 8. The van der Waals surface area contributed by atoms with Gasteiger partial charge in [-0.15, -0.1) is 5.10 Å². The van der Waals surface area contributed by atoms with Crippen LogP contribution in [0.1, 0.15) is 41.9 Å². The van der Waals surface area contributed by atoms with E-state index in [1.54, 1.807) is 35.2 Å². The SMILES string of the molecule is Cc1c(Cc2c(CN3CC(C)NC(C)C3)nc3c(-c4cn(S(=O)N(C)C)cn4)cc(N4CCOCC4)nn23)cccc1C(F)(F)F. The molecule has 5 heterocycles. The van der Waals surface area contributed by atoms with Gasteiger partial charge in [0, 0.05) is 71.5 Å². The Labute approximate surface area is 269 Å². The average Bonchev–Trinajstić information content (AvgIpc) is 3.62. The molecule has 2 aliphatic rings. The number of nitrogens with zero attached hydrogens (tertiary/aromatic N) is 8. The predicted octanol–water partition coefficient (Wildman–Crippen LogP) is 3.52. The first kappa shape index (κ1) is 32.6. The fourth-order valence-corrected chi connectivity index (χ4v) is 7.09. The van der Waals surface area contributed by atoms with Crippen molar-refractivity contribution in [2.24, 2.45) is 0 Å². The van der Waals surface area contributed by atoms with Crippen molar-refractivity contribution in [2.45, 2.75) is 52.0 Å². The molecule has 0 spiro atoms. The monoisotopic (exact) mass is 659 g/mol. The maximum absolute atomic E-state index is 13.9. The summed E-state index contributed by atoms with van der Waals surface area (Å²) in [6.07, 6.45) is -1.01. The fourth-order valence-electron chi connectivity index (χ4n) is 6.40. The number of anilines is 1. The number of nitrogens with one attached hydrogen (secondary N) is 1. The van der Waals surface area contributed by atoms with Crippen LogP contribution >= 0.6 is 0 Å². The van der Waals surface area contributed by atoms with Crippen molar-refractivity contribution in [2.75, 3.05) is 58.4 Å². The first-order chi connectivity index (χ1) is 21.9. The maximum atomic E-state index is 13.9. The van der Waals surface area contributed by atoms with E-state index in [0.717, 1.165) is 30.5 Å². The van der Waals surface area contributed by atoms with E-state index in [0.29, 0.717) is 61.1 Å². The van der Waals surface area contributed by atoms with Crippen molar-refractivity contribution in [3.8, 4) is 11.3 Å². The van der Waals surface area contributed by atoms with Gasteiger partial charge in [-0.3, -0.25) is 4.90 Å². The molecular weight excluding hydrogens is 619 g/mol. The minimum absolute atomic E-state index is 0.190. The summed E-state index contributed by atoms with van der Waals surface area (Å²) in [6.45, 7) is 10.3. The lowest BCUT2D eigenvalue weighted by molar-refractivity contribution is -0.138. The van der Waals surface area contributed by atoms with Crippen molar-refractivity contribution in [1.29, 1.82) is 0 Å². The molecular formula is C31H40F3N9O2S. The highest BCUT2D eigenvalue weighted by Crippen LogP contribution is 2.35. The van der Waals surface area contributed by atoms with Crippen molar-refractivity contribution in [3.05, 3.63) is 64.9 Å². The zero-order chi connectivity index (χ0) is 32.7. The molecule has 0 aliphatic carbocycles. The fraction of sp³-hybridized carbons (Fsp3) is 0.516. The number of alkyl halides is 3. The number of hydrogen-bond donors (Lipinski definition) is 1. The van der Waals surface area contributed by atoms with Gasteiger partial charge in [0.15, 0.2) is 11.5 Å². The van der Waals surface area contributed by atoms with Crippen molar-refractivity contribution in [1.82, 2.24) is 38.1 Å². The van der Waals surface area contributed by atoms with Crippen LogP contribution in [-0.2, 0) is 35.1 Å². The van der Waals surface area contributed by atoms with Crippen LogP contribution in [0, 0.1) is 6.92 Å². The normalized spacial score (nSPS) is 20.6. The van der Waals surface area contributed by atoms with Crippen molar-refractivity contribution >= 4 is 22.6 Å². The molecule has 11 nitrogen and oxygen atoms in total. The number of fused-ring (bicyclic) bond motifs is 1. The molecule has 2 fully saturated rings. The highest BCUT2D eigenvalue weighted by Gasteiger charge is 2.33. The van der Waals surface area contributed by atoms with Crippen LogP contribution in [0.3, 0.4) is 0 Å². The molecule has 0 radical (unpaired) electrons. The third-order valence-electron chi connectivity index (χ3n) is 8.53. The molecule has 46 heavy (non-hydrogen) atoms. The summed E-state index contributed by atoms with van der Waals surface area (Å²) in [4.78, 5) is 14.2. The number of piperazine rings is 1. The van der Waals surface area contributed by atoms with Crippen LogP contribution in [-0.4, -0.2) is 103 Å². The molecule has 2 saturated heterocycles. The summed E-state index contributed by atoms with van der Waals surface area (Å²) in [5.74, 6) is 0.685. The molecule has 3 aromatic heterocycles. The van der Waals surface area contributed by atoms with Gasteiger partial charge in [0.25, 0.3) is 0 Å². The Bertz CT molecular complexity index is 1720. The first-order valence-electron chi connectivity index (χ1n) is 15.4. The molecule has 2 aliphatic heterocycles. The smallest absolute Gasteiger partial charge is 0.378 e. The Morgan fingerprint density at radius 3 is 2.52 bits per heavy atom. The summed E-state index contributed by atoms with van der Waals surface area (Å²) in [7, 11) is 3.44. The minimum Gasteiger partial charge on any atom is -0.378 e. The van der Waals surface area contributed by atoms with Gasteiger partial charge < -0.3 is 15.0 Å². The molecule has 0 amide bonds. The van der Waals surface area contributed by atoms with E-state index in [9.17, 15) is 17.4 Å². The molecule has 0 saturated carbocycles. The number of rotatable bonds is 8. The van der Waals surface area contributed by atoms with Gasteiger partial charge in [0.2, 0.25) is 11.2 Å². The second kappa shape index (κ2) is 13.0. The van der Waals surface area contributed by atoms with E-state index in [-0.39, 0.29) is 24.1 Å². The molecule has 0 bridgehead atoms. The Morgan fingerprint density at radius 2 is 1.85 bits per heavy atom. The molecule has 3 unspecified atom stereocenters. The minimum atomic E-state index is -4.46. The van der Waals surface area contributed by atoms with E-state index < -0.39 is 22.9 Å². The van der Waals surface area contributed by atoms with Gasteiger partial charge in [-0.2, -0.15) is 13.2 Å². The molecule has 1 aromatic carbocycles. The Kier molecular flexibility index (Phi) is 9.22. The zero-order valence-electron chi connectivity index (χ0n) is 26.7. The lowest BCUT2D eigenvalue weighted by atomic mass is 9.97. The highest BCUT2D eigenvalue weighted by atomic mass is 32.2. The number of ether oxygens (including phenoxy) is 1. The number of imidazole rings is 2. The first-order valence-corrected chi connectivity index (χ1v) is 16.5. The molecule has 3 atom stereocenters. The van der Waals surface area contributed by atoms with Gasteiger partial charge in [0.1, 0.15) is 6.33 Å². The van der Waals surface area contributed by atoms with Gasteiger partial charge >= 0.3 is 6.18 Å². The predicted molar refractivity (Wildman–Crippen MR) is 171 cm³/mol. The van der Waals surface area contributed by atoms with Gasteiger partial charge in [-0.05, 0) is 44.0 Å². The second-order valence-corrected chi connectivity index (χ2v) is 14.0. The van der Waals surface area contributed by atoms with Crippen molar-refractivity contribution < 1.29 is 22.1 Å². The van der Waals surface area contributed by atoms with E-state index in [4.69, 9.17) is 14.8 Å². The number of aromatic nitrogens is 5. The largest absolute Gasteiger partial charge is 0.416 e. The third-order valence-corrected chi connectivity index (χ3v) is 9.71. The molecule has 15 heteroatoms. The van der Waals surface area contributed by atoms with Gasteiger partial charge in [-0.1, -0.05) is 12.1 Å². The van der Waals surface area contributed by atoms with E-state index >= 15 is 0 Å². The summed E-state index contributed by atoms with van der Waals surface area (Å²) < 4.78 is 65.1.